The van der Waals surface area contributed by atoms with Crippen LogP contribution in [0.25, 0.3) is 0 Å². The fraction of sp³-hybridized carbons (Fsp3) is 0.538. The van der Waals surface area contributed by atoms with Crippen LogP contribution in [0, 0.1) is 0 Å². The van der Waals surface area contributed by atoms with Crippen LogP contribution in [0.3, 0.4) is 0 Å². The third kappa shape index (κ3) is 1.47. The van der Waals surface area contributed by atoms with Gasteiger partial charge in [0.1, 0.15) is 0 Å². The number of hydrogen-bond acceptors (Lipinski definition) is 3. The van der Waals surface area contributed by atoms with Crippen LogP contribution in [0.15, 0.2) is 18.2 Å². The van der Waals surface area contributed by atoms with Crippen molar-refractivity contribution >= 4 is 0 Å². The van der Waals surface area contributed by atoms with Crippen LogP contribution in [-0.2, 0) is 11.2 Å². The van der Waals surface area contributed by atoms with E-state index in [0.29, 0.717) is 0 Å². The molecule has 1 spiro atoms. The van der Waals surface area contributed by atoms with Crippen LogP contribution in [0.5, 0.6) is 11.5 Å². The van der Waals surface area contributed by atoms with E-state index >= 15 is 0 Å². The van der Waals surface area contributed by atoms with Crippen molar-refractivity contribution in [1.82, 2.24) is 0 Å². The molecule has 2 heterocycles. The van der Waals surface area contributed by atoms with E-state index in [1.807, 2.05) is 12.1 Å². The summed E-state index contributed by atoms with van der Waals surface area (Å²) < 4.78 is 17.1. The summed E-state index contributed by atoms with van der Waals surface area (Å²) in [4.78, 5) is 0. The molecule has 1 atom stereocenters. The van der Waals surface area contributed by atoms with Gasteiger partial charge in [0.25, 0.3) is 0 Å². The second-order valence-electron chi connectivity index (χ2n) is 4.41. The lowest BCUT2D eigenvalue weighted by Gasteiger charge is -2.35. The zero-order valence-electron chi connectivity index (χ0n) is 9.49. The first-order chi connectivity index (χ1) is 7.83. The van der Waals surface area contributed by atoms with E-state index in [-0.39, 0.29) is 5.79 Å². The monoisotopic (exact) mass is 220 g/mol. The molecule has 0 radical (unpaired) electrons. The molecule has 0 amide bonds. The third-order valence-electron chi connectivity index (χ3n) is 3.41. The minimum atomic E-state index is -0.373. The van der Waals surface area contributed by atoms with Crippen LogP contribution >= 0.6 is 0 Å². The number of benzene rings is 1. The van der Waals surface area contributed by atoms with Crippen LogP contribution < -0.4 is 9.47 Å². The Morgan fingerprint density at radius 1 is 1.31 bits per heavy atom. The number of fused-ring (bicyclic) bond motifs is 1. The third-order valence-corrected chi connectivity index (χ3v) is 3.41. The van der Waals surface area contributed by atoms with Gasteiger partial charge in [-0.25, -0.2) is 0 Å². The highest BCUT2D eigenvalue weighted by Crippen LogP contribution is 2.43. The van der Waals surface area contributed by atoms with Crippen molar-refractivity contribution in [2.24, 2.45) is 0 Å². The zero-order chi connectivity index (χ0) is 11.0. The van der Waals surface area contributed by atoms with Gasteiger partial charge < -0.3 is 14.2 Å². The Labute approximate surface area is 95.3 Å². The van der Waals surface area contributed by atoms with Gasteiger partial charge in [0.2, 0.25) is 5.79 Å². The summed E-state index contributed by atoms with van der Waals surface area (Å²) in [5.41, 5.74) is 1.22. The van der Waals surface area contributed by atoms with Crippen LogP contribution in [0.4, 0.5) is 0 Å². The molecule has 1 aromatic rings. The van der Waals surface area contributed by atoms with Gasteiger partial charge in [-0.15, -0.1) is 0 Å². The summed E-state index contributed by atoms with van der Waals surface area (Å²) in [5.74, 6) is 1.31. The smallest absolute Gasteiger partial charge is 0.211 e. The van der Waals surface area contributed by atoms with E-state index in [1.54, 1.807) is 7.11 Å². The van der Waals surface area contributed by atoms with E-state index in [9.17, 15) is 0 Å². The van der Waals surface area contributed by atoms with Gasteiger partial charge in [-0.05, 0) is 24.5 Å². The summed E-state index contributed by atoms with van der Waals surface area (Å²) in [6.45, 7) is 0.810. The molecular weight excluding hydrogens is 204 g/mol. The van der Waals surface area contributed by atoms with Crippen LogP contribution in [0.1, 0.15) is 24.8 Å². The second kappa shape index (κ2) is 3.67. The van der Waals surface area contributed by atoms with Gasteiger partial charge in [0, 0.05) is 12.8 Å². The van der Waals surface area contributed by atoms with Gasteiger partial charge in [-0.2, -0.15) is 0 Å². The van der Waals surface area contributed by atoms with Gasteiger partial charge in [-0.1, -0.05) is 12.1 Å². The first-order valence-electron chi connectivity index (χ1n) is 5.82. The zero-order valence-corrected chi connectivity index (χ0v) is 9.49. The molecule has 2 aliphatic heterocycles. The predicted octanol–water partition coefficient (Wildman–Crippen LogP) is 2.53. The Kier molecular flexibility index (Phi) is 2.28. The van der Waals surface area contributed by atoms with Crippen LogP contribution in [0.2, 0.25) is 0 Å². The lowest BCUT2D eigenvalue weighted by Crippen LogP contribution is -2.38. The molecule has 1 fully saturated rings. The Morgan fingerprint density at radius 2 is 2.25 bits per heavy atom. The highest BCUT2D eigenvalue weighted by Gasteiger charge is 2.41. The largest absolute Gasteiger partial charge is 0.493 e. The molecule has 86 valence electrons. The maximum atomic E-state index is 6.06. The van der Waals surface area contributed by atoms with Gasteiger partial charge in [0.15, 0.2) is 11.5 Å². The summed E-state index contributed by atoms with van der Waals surface area (Å²) in [6, 6.07) is 6.04. The van der Waals surface area contributed by atoms with E-state index in [1.165, 1.54) is 5.56 Å². The van der Waals surface area contributed by atoms with Crippen molar-refractivity contribution in [3.63, 3.8) is 0 Å². The molecule has 0 saturated carbocycles. The minimum Gasteiger partial charge on any atom is -0.493 e. The predicted molar refractivity (Wildman–Crippen MR) is 59.9 cm³/mol. The standard InChI is InChI=1S/C13H16O3/c1-14-11-5-2-4-10-6-8-13(16-12(10)11)7-3-9-15-13/h2,4-5H,3,6-9H2,1H3. The molecule has 0 N–H and O–H groups in total. The van der Waals surface area contributed by atoms with Gasteiger partial charge in [0.05, 0.1) is 13.7 Å². The molecule has 1 aromatic carbocycles. The summed E-state index contributed by atoms with van der Waals surface area (Å²) in [7, 11) is 1.68. The van der Waals surface area contributed by atoms with E-state index in [4.69, 9.17) is 14.2 Å². The molecule has 16 heavy (non-hydrogen) atoms. The Hall–Kier alpha value is -1.22. The lowest BCUT2D eigenvalue weighted by molar-refractivity contribution is -0.161. The average Bonchev–Trinajstić information content (AvgIpc) is 2.77. The number of ether oxygens (including phenoxy) is 3. The quantitative estimate of drug-likeness (QED) is 0.728. The van der Waals surface area contributed by atoms with Crippen molar-refractivity contribution in [2.75, 3.05) is 13.7 Å². The van der Waals surface area contributed by atoms with Crippen molar-refractivity contribution in [3.05, 3.63) is 23.8 Å². The minimum absolute atomic E-state index is 0.373. The average molecular weight is 220 g/mol. The van der Waals surface area contributed by atoms with E-state index in [2.05, 4.69) is 6.07 Å². The Morgan fingerprint density at radius 3 is 3.00 bits per heavy atom. The van der Waals surface area contributed by atoms with Crippen molar-refractivity contribution in [2.45, 2.75) is 31.5 Å². The maximum Gasteiger partial charge on any atom is 0.211 e. The first kappa shape index (κ1) is 9.97. The Balaban J connectivity index is 1.97. The molecule has 1 saturated heterocycles. The van der Waals surface area contributed by atoms with Crippen molar-refractivity contribution in [1.29, 1.82) is 0 Å². The number of para-hydroxylation sites is 1. The molecule has 3 heteroatoms. The van der Waals surface area contributed by atoms with Gasteiger partial charge >= 0.3 is 0 Å². The number of aryl methyl sites for hydroxylation is 1. The summed E-state index contributed by atoms with van der Waals surface area (Å²) in [6.07, 6.45) is 4.04. The van der Waals surface area contributed by atoms with Crippen LogP contribution in [-0.4, -0.2) is 19.5 Å². The topological polar surface area (TPSA) is 27.7 Å². The molecule has 0 bridgehead atoms. The number of hydrogen-bond donors (Lipinski definition) is 0. The number of methoxy groups -OCH3 is 1. The van der Waals surface area contributed by atoms with Crippen molar-refractivity contribution < 1.29 is 14.2 Å². The van der Waals surface area contributed by atoms with E-state index in [0.717, 1.165) is 43.8 Å². The fourth-order valence-corrected chi connectivity index (χ4v) is 2.55. The molecule has 0 aliphatic carbocycles. The molecule has 2 aliphatic rings. The summed E-state index contributed by atoms with van der Waals surface area (Å²) >= 11 is 0. The molecule has 3 rings (SSSR count). The molecule has 1 unspecified atom stereocenters. The SMILES string of the molecule is COc1cccc2c1OC1(CCCO1)CC2. The maximum absolute atomic E-state index is 6.06. The lowest BCUT2D eigenvalue weighted by atomic mass is 9.97. The second-order valence-corrected chi connectivity index (χ2v) is 4.41. The molecule has 3 nitrogen and oxygen atoms in total. The normalized spacial score (nSPS) is 27.6. The molecular formula is C13H16O3. The fourth-order valence-electron chi connectivity index (χ4n) is 2.55. The van der Waals surface area contributed by atoms with Gasteiger partial charge in [-0.3, -0.25) is 0 Å². The number of rotatable bonds is 1. The highest BCUT2D eigenvalue weighted by molar-refractivity contribution is 5.48. The van der Waals surface area contributed by atoms with Crippen molar-refractivity contribution in [3.8, 4) is 11.5 Å². The Bertz CT molecular complexity index is 380. The molecule has 0 aromatic heterocycles. The summed E-state index contributed by atoms with van der Waals surface area (Å²) in [5, 5.41) is 0. The van der Waals surface area contributed by atoms with E-state index < -0.39 is 0 Å². The first-order valence-corrected chi connectivity index (χ1v) is 5.82. The highest BCUT2D eigenvalue weighted by atomic mass is 16.7.